The van der Waals surface area contributed by atoms with Crippen LogP contribution in [-0.4, -0.2) is 25.7 Å². The van der Waals surface area contributed by atoms with Crippen molar-refractivity contribution in [3.63, 3.8) is 0 Å². The molecule has 5 nitrogen and oxygen atoms in total. The van der Waals surface area contributed by atoms with Crippen molar-refractivity contribution >= 4 is 5.95 Å². The molecule has 0 unspecified atom stereocenters. The molecule has 0 radical (unpaired) electrons. The maximum Gasteiger partial charge on any atom is 0.243 e. The molecule has 0 spiro atoms. The summed E-state index contributed by atoms with van der Waals surface area (Å²) in [5.74, 6) is 0.755. The predicted octanol–water partition coefficient (Wildman–Crippen LogP) is 0.174. The first-order chi connectivity index (χ1) is 5.20. The van der Waals surface area contributed by atoms with Gasteiger partial charge in [-0.15, -0.1) is 0 Å². The zero-order valence-corrected chi connectivity index (χ0v) is 6.70. The first-order valence-corrected chi connectivity index (χ1v) is 3.70. The molecule has 2 rings (SSSR count). The van der Waals surface area contributed by atoms with Crippen molar-refractivity contribution in [3.05, 3.63) is 0 Å². The summed E-state index contributed by atoms with van der Waals surface area (Å²) in [4.78, 5) is 0. The standard InChI is InChI=1S/C6H11N5/c1-6(3-4-6)7-5-8-9-10-11(5)2/h3-4H2,1-2H3,(H,7,8,10). The lowest BCUT2D eigenvalue weighted by molar-refractivity contribution is 0.700. The highest BCUT2D eigenvalue weighted by Gasteiger charge is 2.38. The second kappa shape index (κ2) is 1.93. The van der Waals surface area contributed by atoms with E-state index in [-0.39, 0.29) is 5.54 Å². The van der Waals surface area contributed by atoms with Crippen LogP contribution in [0.15, 0.2) is 0 Å². The molecule has 0 bridgehead atoms. The van der Waals surface area contributed by atoms with Crippen LogP contribution < -0.4 is 5.32 Å². The second-order valence-electron chi connectivity index (χ2n) is 3.31. The van der Waals surface area contributed by atoms with Gasteiger partial charge >= 0.3 is 0 Å². The van der Waals surface area contributed by atoms with E-state index < -0.39 is 0 Å². The van der Waals surface area contributed by atoms with Crippen LogP contribution in [0.25, 0.3) is 0 Å². The van der Waals surface area contributed by atoms with Crippen LogP contribution in [0, 0.1) is 0 Å². The normalized spacial score (nSPS) is 19.8. The first kappa shape index (κ1) is 6.57. The summed E-state index contributed by atoms with van der Waals surface area (Å²) < 4.78 is 1.64. The number of aryl methyl sites for hydroxylation is 1. The first-order valence-electron chi connectivity index (χ1n) is 3.70. The van der Waals surface area contributed by atoms with Gasteiger partial charge in [0.05, 0.1) is 0 Å². The predicted molar refractivity (Wildman–Crippen MR) is 40.1 cm³/mol. The van der Waals surface area contributed by atoms with Crippen LogP contribution in [0.5, 0.6) is 0 Å². The molecule has 1 aliphatic carbocycles. The minimum absolute atomic E-state index is 0.252. The molecule has 0 aromatic carbocycles. The molecular formula is C6H11N5. The van der Waals surface area contributed by atoms with E-state index in [4.69, 9.17) is 0 Å². The summed E-state index contributed by atoms with van der Waals surface area (Å²) in [6, 6.07) is 0. The van der Waals surface area contributed by atoms with Crippen LogP contribution in [0.4, 0.5) is 5.95 Å². The Hall–Kier alpha value is -1.13. The van der Waals surface area contributed by atoms with E-state index in [1.165, 1.54) is 12.8 Å². The third-order valence-electron chi connectivity index (χ3n) is 2.03. The third-order valence-corrected chi connectivity index (χ3v) is 2.03. The average Bonchev–Trinajstić information content (AvgIpc) is 2.54. The van der Waals surface area contributed by atoms with Crippen LogP contribution in [0.3, 0.4) is 0 Å². The number of hydrogen-bond acceptors (Lipinski definition) is 4. The topological polar surface area (TPSA) is 55.6 Å². The number of hydrogen-bond donors (Lipinski definition) is 1. The number of nitrogens with zero attached hydrogens (tertiary/aromatic N) is 4. The van der Waals surface area contributed by atoms with Crippen LogP contribution in [0.1, 0.15) is 19.8 Å². The van der Waals surface area contributed by atoms with Gasteiger partial charge in [-0.1, -0.05) is 5.10 Å². The molecule has 0 saturated heterocycles. The van der Waals surface area contributed by atoms with E-state index in [0.717, 1.165) is 5.95 Å². The van der Waals surface area contributed by atoms with Crippen molar-refractivity contribution in [2.24, 2.45) is 7.05 Å². The summed E-state index contributed by atoms with van der Waals surface area (Å²) in [6.07, 6.45) is 2.42. The maximum atomic E-state index is 3.83. The second-order valence-corrected chi connectivity index (χ2v) is 3.31. The van der Waals surface area contributed by atoms with Gasteiger partial charge in [-0.3, -0.25) is 0 Å². The van der Waals surface area contributed by atoms with Gasteiger partial charge < -0.3 is 5.32 Å². The summed E-state index contributed by atoms with van der Waals surface area (Å²) in [7, 11) is 1.83. The molecule has 5 heteroatoms. The quantitative estimate of drug-likeness (QED) is 0.658. The van der Waals surface area contributed by atoms with Gasteiger partial charge in [0.15, 0.2) is 0 Å². The SMILES string of the molecule is Cn1nnnc1NC1(C)CC1. The molecule has 60 valence electrons. The highest BCUT2D eigenvalue weighted by molar-refractivity contribution is 5.30. The monoisotopic (exact) mass is 153 g/mol. The van der Waals surface area contributed by atoms with E-state index in [0.29, 0.717) is 0 Å². The molecule has 1 aromatic heterocycles. The van der Waals surface area contributed by atoms with Crippen LogP contribution >= 0.6 is 0 Å². The molecule has 1 heterocycles. The summed E-state index contributed by atoms with van der Waals surface area (Å²) in [5.41, 5.74) is 0.252. The molecule has 0 amide bonds. The van der Waals surface area contributed by atoms with Gasteiger partial charge in [-0.25, -0.2) is 4.68 Å². The zero-order valence-electron chi connectivity index (χ0n) is 6.70. The molecule has 1 aromatic rings. The molecule has 11 heavy (non-hydrogen) atoms. The largest absolute Gasteiger partial charge is 0.348 e. The van der Waals surface area contributed by atoms with Crippen LogP contribution in [0.2, 0.25) is 0 Å². The molecule has 1 aliphatic rings. The fourth-order valence-electron chi connectivity index (χ4n) is 0.918. The highest BCUT2D eigenvalue weighted by atomic mass is 15.6. The van der Waals surface area contributed by atoms with Crippen molar-refractivity contribution in [1.82, 2.24) is 20.2 Å². The highest BCUT2D eigenvalue weighted by Crippen LogP contribution is 2.37. The maximum absolute atomic E-state index is 3.83. The Balaban J connectivity index is 2.12. The third kappa shape index (κ3) is 1.18. The van der Waals surface area contributed by atoms with Gasteiger partial charge in [0.1, 0.15) is 0 Å². The lowest BCUT2D eigenvalue weighted by Gasteiger charge is -2.09. The number of aromatic nitrogens is 4. The summed E-state index contributed by atoms with van der Waals surface area (Å²) in [6.45, 7) is 2.17. The van der Waals surface area contributed by atoms with Gasteiger partial charge in [-0.2, -0.15) is 0 Å². The van der Waals surface area contributed by atoms with Gasteiger partial charge in [-0.05, 0) is 30.2 Å². The smallest absolute Gasteiger partial charge is 0.243 e. The number of tetrazole rings is 1. The summed E-state index contributed by atoms with van der Waals surface area (Å²) >= 11 is 0. The Morgan fingerprint density at radius 2 is 2.27 bits per heavy atom. The van der Waals surface area contributed by atoms with E-state index in [1.54, 1.807) is 4.68 Å². The lowest BCUT2D eigenvalue weighted by Crippen LogP contribution is -2.18. The molecular weight excluding hydrogens is 142 g/mol. The van der Waals surface area contributed by atoms with Crippen molar-refractivity contribution in [2.45, 2.75) is 25.3 Å². The lowest BCUT2D eigenvalue weighted by atomic mass is 10.3. The van der Waals surface area contributed by atoms with Crippen molar-refractivity contribution in [1.29, 1.82) is 0 Å². The Morgan fingerprint density at radius 3 is 2.73 bits per heavy atom. The molecule has 1 saturated carbocycles. The van der Waals surface area contributed by atoms with E-state index in [1.807, 2.05) is 7.05 Å². The van der Waals surface area contributed by atoms with E-state index in [2.05, 4.69) is 27.8 Å². The van der Waals surface area contributed by atoms with E-state index in [9.17, 15) is 0 Å². The van der Waals surface area contributed by atoms with Gasteiger partial charge in [0.2, 0.25) is 5.95 Å². The Labute approximate surface area is 64.8 Å². The number of rotatable bonds is 2. The number of anilines is 1. The molecule has 1 fully saturated rings. The average molecular weight is 153 g/mol. The summed E-state index contributed by atoms with van der Waals surface area (Å²) in [5, 5.41) is 14.4. The fourth-order valence-corrected chi connectivity index (χ4v) is 0.918. The molecule has 0 atom stereocenters. The minimum Gasteiger partial charge on any atom is -0.348 e. The zero-order chi connectivity index (χ0) is 7.90. The van der Waals surface area contributed by atoms with Crippen molar-refractivity contribution in [2.75, 3.05) is 5.32 Å². The van der Waals surface area contributed by atoms with E-state index >= 15 is 0 Å². The van der Waals surface area contributed by atoms with Gasteiger partial charge in [0.25, 0.3) is 0 Å². The fraction of sp³-hybridized carbons (Fsp3) is 0.833. The Bertz CT molecular complexity index is 262. The van der Waals surface area contributed by atoms with Crippen molar-refractivity contribution < 1.29 is 0 Å². The van der Waals surface area contributed by atoms with Gasteiger partial charge in [0, 0.05) is 12.6 Å². The Kier molecular flexibility index (Phi) is 1.15. The van der Waals surface area contributed by atoms with Crippen LogP contribution in [-0.2, 0) is 7.05 Å². The molecule has 0 aliphatic heterocycles. The number of nitrogens with one attached hydrogen (secondary N) is 1. The minimum atomic E-state index is 0.252. The van der Waals surface area contributed by atoms with Crippen molar-refractivity contribution in [3.8, 4) is 0 Å². The molecule has 1 N–H and O–H groups in total. The Morgan fingerprint density at radius 1 is 1.55 bits per heavy atom.